The van der Waals surface area contributed by atoms with Gasteiger partial charge in [-0.2, -0.15) is 0 Å². The zero-order chi connectivity index (χ0) is 14.5. The number of para-hydroxylation sites is 1. The molecule has 0 aliphatic heterocycles. The van der Waals surface area contributed by atoms with E-state index in [2.05, 4.69) is 0 Å². The molecule has 0 aromatic heterocycles. The molecule has 0 spiro atoms. The number of nitrogens with zero attached hydrogens (tertiary/aromatic N) is 1. The number of ether oxygens (including phenoxy) is 1. The number of aromatic hydroxyl groups is 1. The van der Waals surface area contributed by atoms with Crippen LogP contribution in [0.1, 0.15) is 11.1 Å². The van der Waals surface area contributed by atoms with Crippen LogP contribution in [-0.2, 0) is 13.2 Å². The smallest absolute Gasteiger partial charge is 0.276 e. The van der Waals surface area contributed by atoms with Crippen molar-refractivity contribution in [2.75, 3.05) is 0 Å². The van der Waals surface area contributed by atoms with Crippen molar-refractivity contribution in [2.24, 2.45) is 0 Å². The first kappa shape index (κ1) is 13.8. The Bertz CT molecular complexity index is 627. The highest BCUT2D eigenvalue weighted by Gasteiger charge is 2.13. The van der Waals surface area contributed by atoms with Gasteiger partial charge in [0.25, 0.3) is 5.69 Å². The molecule has 104 valence electrons. The maximum atomic E-state index is 10.9. The lowest BCUT2D eigenvalue weighted by atomic mass is 10.2. The summed E-state index contributed by atoms with van der Waals surface area (Å²) >= 11 is 0. The van der Waals surface area contributed by atoms with Crippen LogP contribution in [0.2, 0.25) is 0 Å². The van der Waals surface area contributed by atoms with Crippen molar-refractivity contribution in [1.29, 1.82) is 0 Å². The van der Waals surface area contributed by atoms with Crippen molar-refractivity contribution in [3.63, 3.8) is 0 Å². The van der Waals surface area contributed by atoms with Crippen LogP contribution < -0.4 is 4.74 Å². The fraction of sp³-hybridized carbons (Fsp3) is 0.143. The van der Waals surface area contributed by atoms with Gasteiger partial charge in [0.2, 0.25) is 0 Å². The molecule has 2 rings (SSSR count). The molecule has 0 atom stereocenters. The number of nitro groups is 1. The molecule has 2 N–H and O–H groups in total. The highest BCUT2D eigenvalue weighted by molar-refractivity contribution is 5.43. The number of phenolic OH excluding ortho intramolecular Hbond substituents is 1. The maximum Gasteiger partial charge on any atom is 0.276 e. The van der Waals surface area contributed by atoms with E-state index >= 15 is 0 Å². The minimum atomic E-state index is -0.479. The summed E-state index contributed by atoms with van der Waals surface area (Å²) in [5, 5.41) is 29.5. The number of aliphatic hydroxyl groups excluding tert-OH is 1. The van der Waals surface area contributed by atoms with Gasteiger partial charge in [-0.15, -0.1) is 0 Å². The van der Waals surface area contributed by atoms with Crippen molar-refractivity contribution in [2.45, 2.75) is 13.2 Å². The number of benzene rings is 2. The lowest BCUT2D eigenvalue weighted by Crippen LogP contribution is -2.00. The summed E-state index contributed by atoms with van der Waals surface area (Å²) in [6.07, 6.45) is 0. The second-order valence-electron chi connectivity index (χ2n) is 4.13. The number of nitro benzene ring substituents is 1. The molecule has 2 aromatic rings. The molecule has 0 bridgehead atoms. The molecule has 2 aromatic carbocycles. The average molecular weight is 275 g/mol. The van der Waals surface area contributed by atoms with Gasteiger partial charge in [-0.3, -0.25) is 10.1 Å². The van der Waals surface area contributed by atoms with E-state index in [9.17, 15) is 15.2 Å². The molecule has 6 heteroatoms. The minimum absolute atomic E-state index is 0.0246. The Morgan fingerprint density at radius 3 is 2.60 bits per heavy atom. The SMILES string of the molecule is O=[N+]([O-])c1ccccc1COc1ccc(CO)cc1O. The van der Waals surface area contributed by atoms with Gasteiger partial charge in [-0.05, 0) is 23.8 Å². The van der Waals surface area contributed by atoms with Crippen molar-refractivity contribution in [3.8, 4) is 11.5 Å². The fourth-order valence-electron chi connectivity index (χ4n) is 1.75. The third-order valence-corrected chi connectivity index (χ3v) is 2.78. The molecule has 0 aliphatic rings. The first-order valence-corrected chi connectivity index (χ1v) is 5.89. The van der Waals surface area contributed by atoms with Crippen LogP contribution in [0, 0.1) is 10.1 Å². The standard InChI is InChI=1S/C14H13NO5/c16-8-10-5-6-14(13(17)7-10)20-9-11-3-1-2-4-12(11)15(18)19/h1-7,16-17H,8-9H2. The molecule has 0 saturated heterocycles. The summed E-state index contributed by atoms with van der Waals surface area (Å²) in [6, 6.07) is 10.7. The molecule has 6 nitrogen and oxygen atoms in total. The molecule has 0 unspecified atom stereocenters. The second kappa shape index (κ2) is 6.03. The first-order chi connectivity index (χ1) is 9.61. The average Bonchev–Trinajstić information content (AvgIpc) is 2.46. The van der Waals surface area contributed by atoms with Crippen LogP contribution in [0.3, 0.4) is 0 Å². The largest absolute Gasteiger partial charge is 0.504 e. The summed E-state index contributed by atoms with van der Waals surface area (Å²) in [5.41, 5.74) is 0.947. The zero-order valence-electron chi connectivity index (χ0n) is 10.5. The van der Waals surface area contributed by atoms with Crippen LogP contribution in [0.15, 0.2) is 42.5 Å². The van der Waals surface area contributed by atoms with E-state index in [4.69, 9.17) is 9.84 Å². The van der Waals surface area contributed by atoms with Crippen LogP contribution in [0.5, 0.6) is 11.5 Å². The van der Waals surface area contributed by atoms with Crippen LogP contribution in [0.25, 0.3) is 0 Å². The highest BCUT2D eigenvalue weighted by Crippen LogP contribution is 2.28. The van der Waals surface area contributed by atoms with Crippen molar-refractivity contribution in [3.05, 3.63) is 63.7 Å². The molecule has 20 heavy (non-hydrogen) atoms. The normalized spacial score (nSPS) is 10.2. The summed E-state index contributed by atoms with van der Waals surface area (Å²) in [5.74, 6) is 0.0930. The van der Waals surface area contributed by atoms with Crippen molar-refractivity contribution < 1.29 is 19.9 Å². The molecule has 0 fully saturated rings. The van der Waals surface area contributed by atoms with Gasteiger partial charge in [-0.1, -0.05) is 18.2 Å². The maximum absolute atomic E-state index is 10.9. The predicted molar refractivity (Wildman–Crippen MR) is 71.5 cm³/mol. The van der Waals surface area contributed by atoms with Crippen LogP contribution in [0.4, 0.5) is 5.69 Å². The Morgan fingerprint density at radius 2 is 1.95 bits per heavy atom. The Kier molecular flexibility index (Phi) is 4.17. The van der Waals surface area contributed by atoms with Crippen LogP contribution >= 0.6 is 0 Å². The van der Waals surface area contributed by atoms with E-state index in [1.807, 2.05) is 0 Å². The van der Waals surface area contributed by atoms with E-state index < -0.39 is 4.92 Å². The quantitative estimate of drug-likeness (QED) is 0.645. The van der Waals surface area contributed by atoms with E-state index in [1.54, 1.807) is 24.3 Å². The Hall–Kier alpha value is -2.60. The van der Waals surface area contributed by atoms with Gasteiger partial charge < -0.3 is 14.9 Å². The molecular weight excluding hydrogens is 262 g/mol. The van der Waals surface area contributed by atoms with E-state index in [1.165, 1.54) is 18.2 Å². The Morgan fingerprint density at radius 1 is 1.20 bits per heavy atom. The fourth-order valence-corrected chi connectivity index (χ4v) is 1.75. The van der Waals surface area contributed by atoms with Crippen LogP contribution in [-0.4, -0.2) is 15.1 Å². The first-order valence-electron chi connectivity index (χ1n) is 5.89. The molecule has 0 amide bonds. The lowest BCUT2D eigenvalue weighted by Gasteiger charge is -2.09. The van der Waals surface area contributed by atoms with E-state index in [0.717, 1.165) is 0 Å². The molecule has 0 saturated carbocycles. The van der Waals surface area contributed by atoms with E-state index in [-0.39, 0.29) is 30.4 Å². The predicted octanol–water partition coefficient (Wildman–Crippen LogP) is 2.37. The highest BCUT2D eigenvalue weighted by atomic mass is 16.6. The minimum Gasteiger partial charge on any atom is -0.504 e. The van der Waals surface area contributed by atoms with Gasteiger partial charge >= 0.3 is 0 Å². The van der Waals surface area contributed by atoms with E-state index in [0.29, 0.717) is 11.1 Å². The second-order valence-corrected chi connectivity index (χ2v) is 4.13. The summed E-state index contributed by atoms with van der Waals surface area (Å²) in [7, 11) is 0. The molecule has 0 heterocycles. The lowest BCUT2D eigenvalue weighted by molar-refractivity contribution is -0.385. The topological polar surface area (TPSA) is 92.8 Å². The molecule has 0 aliphatic carbocycles. The summed E-state index contributed by atoms with van der Waals surface area (Å²) in [6.45, 7) is -0.207. The third kappa shape index (κ3) is 3.04. The van der Waals surface area contributed by atoms with Gasteiger partial charge in [-0.25, -0.2) is 0 Å². The number of hydrogen-bond donors (Lipinski definition) is 2. The summed E-state index contributed by atoms with van der Waals surface area (Å²) < 4.78 is 5.38. The number of hydrogen-bond acceptors (Lipinski definition) is 5. The van der Waals surface area contributed by atoms with Gasteiger partial charge in [0.1, 0.15) is 6.61 Å². The summed E-state index contributed by atoms with van der Waals surface area (Å²) in [4.78, 5) is 10.4. The van der Waals surface area contributed by atoms with Gasteiger partial charge in [0.15, 0.2) is 11.5 Å². The number of rotatable bonds is 5. The monoisotopic (exact) mass is 275 g/mol. The van der Waals surface area contributed by atoms with Gasteiger partial charge in [0, 0.05) is 6.07 Å². The Labute approximate surface area is 115 Å². The number of aliphatic hydroxyl groups is 1. The van der Waals surface area contributed by atoms with Crippen molar-refractivity contribution >= 4 is 5.69 Å². The third-order valence-electron chi connectivity index (χ3n) is 2.78. The van der Waals surface area contributed by atoms with Gasteiger partial charge in [0.05, 0.1) is 17.1 Å². The van der Waals surface area contributed by atoms with Crippen molar-refractivity contribution in [1.82, 2.24) is 0 Å². The Balaban J connectivity index is 2.15. The molecule has 0 radical (unpaired) electrons. The zero-order valence-corrected chi connectivity index (χ0v) is 10.5. The molecular formula is C14H13NO5. The number of phenols is 1.